The number of hydrogen-bond acceptors (Lipinski definition) is 2. The van der Waals surface area contributed by atoms with Gasteiger partial charge in [-0.25, -0.2) is 4.98 Å². The van der Waals surface area contributed by atoms with Gasteiger partial charge in [-0.05, 0) is 48.9 Å². The molecule has 24 heavy (non-hydrogen) atoms. The van der Waals surface area contributed by atoms with Gasteiger partial charge in [0.2, 0.25) is 0 Å². The van der Waals surface area contributed by atoms with E-state index < -0.39 is 0 Å². The van der Waals surface area contributed by atoms with Crippen molar-refractivity contribution in [2.45, 2.75) is 6.92 Å². The number of aromatic nitrogens is 3. The smallest absolute Gasteiger partial charge is 0.149 e. The first-order valence-corrected chi connectivity index (χ1v) is 8.28. The summed E-state index contributed by atoms with van der Waals surface area (Å²) < 4.78 is 1.00. The van der Waals surface area contributed by atoms with E-state index in [4.69, 9.17) is 0 Å². The molecule has 2 heterocycles. The zero-order valence-corrected chi connectivity index (χ0v) is 14.5. The topological polar surface area (TPSA) is 68.3 Å². The number of nitrogens with one attached hydrogen (secondary N) is 2. The number of imidazole rings is 1. The minimum atomic E-state index is 0.504. The molecule has 5 heteroatoms. The van der Waals surface area contributed by atoms with Gasteiger partial charge in [-0.3, -0.25) is 0 Å². The van der Waals surface area contributed by atoms with Crippen molar-refractivity contribution in [1.82, 2.24) is 15.0 Å². The van der Waals surface area contributed by atoms with Gasteiger partial charge in [-0.15, -0.1) is 0 Å². The van der Waals surface area contributed by atoms with Crippen molar-refractivity contribution >= 4 is 49.5 Å². The van der Waals surface area contributed by atoms with Crippen molar-refractivity contribution in [3.05, 3.63) is 64.0 Å². The van der Waals surface area contributed by atoms with E-state index >= 15 is 0 Å². The number of hydrogen-bond donors (Lipinski definition) is 2. The highest BCUT2D eigenvalue weighted by Gasteiger charge is 2.10. The molecule has 4 nitrogen and oxygen atoms in total. The average molecular weight is 377 g/mol. The lowest BCUT2D eigenvalue weighted by molar-refractivity contribution is 1.27. The van der Waals surface area contributed by atoms with E-state index in [2.05, 4.69) is 37.0 Å². The van der Waals surface area contributed by atoms with Crippen LogP contribution in [0.15, 0.2) is 47.1 Å². The molecule has 0 unspecified atom stereocenters. The van der Waals surface area contributed by atoms with Crippen LogP contribution in [-0.2, 0) is 0 Å². The maximum Gasteiger partial charge on any atom is 0.149 e. The Bertz CT molecular complexity index is 1140. The number of halogens is 1. The molecule has 0 fully saturated rings. The Balaban J connectivity index is 1.85. The van der Waals surface area contributed by atoms with Crippen LogP contribution in [0, 0.1) is 18.3 Å². The van der Waals surface area contributed by atoms with Gasteiger partial charge in [0.15, 0.2) is 0 Å². The standard InChI is InChI=1S/C19H13BrN4/c1-11-2-4-17-18(6-11)24-19(23-17)12(9-21)7-13-10-22-16-5-3-14(20)8-15(13)16/h2-8,10,22H,1H3,(H,23,24)/b12-7+. The Morgan fingerprint density at radius 1 is 1.21 bits per heavy atom. The van der Waals surface area contributed by atoms with Crippen LogP contribution in [0.25, 0.3) is 33.6 Å². The van der Waals surface area contributed by atoms with E-state index in [0.29, 0.717) is 11.4 Å². The third-order valence-corrected chi connectivity index (χ3v) is 4.48. The minimum Gasteiger partial charge on any atom is -0.361 e. The second-order valence-electron chi connectivity index (χ2n) is 5.71. The molecular formula is C19H13BrN4. The Hall–Kier alpha value is -2.84. The first-order chi connectivity index (χ1) is 11.6. The molecule has 0 aliphatic carbocycles. The van der Waals surface area contributed by atoms with Crippen LogP contribution >= 0.6 is 15.9 Å². The molecule has 2 aromatic carbocycles. The quantitative estimate of drug-likeness (QED) is 0.473. The molecule has 0 aliphatic rings. The van der Waals surface area contributed by atoms with Crippen molar-refractivity contribution in [1.29, 1.82) is 5.26 Å². The van der Waals surface area contributed by atoms with Gasteiger partial charge >= 0.3 is 0 Å². The second-order valence-corrected chi connectivity index (χ2v) is 6.63. The van der Waals surface area contributed by atoms with Gasteiger partial charge < -0.3 is 9.97 Å². The predicted octanol–water partition coefficient (Wildman–Crippen LogP) is 5.18. The maximum absolute atomic E-state index is 9.59. The Labute approximate surface area is 147 Å². The molecular weight excluding hydrogens is 364 g/mol. The molecule has 0 saturated carbocycles. The van der Waals surface area contributed by atoms with E-state index in [0.717, 1.165) is 37.5 Å². The first kappa shape index (κ1) is 14.7. The highest BCUT2D eigenvalue weighted by Crippen LogP contribution is 2.26. The lowest BCUT2D eigenvalue weighted by Gasteiger charge is -1.96. The summed E-state index contributed by atoms with van der Waals surface area (Å²) in [7, 11) is 0. The number of nitriles is 1. The number of benzene rings is 2. The van der Waals surface area contributed by atoms with Gasteiger partial charge in [-0.2, -0.15) is 5.26 Å². The Morgan fingerprint density at radius 3 is 2.92 bits per heavy atom. The molecule has 0 saturated heterocycles. The molecule has 0 amide bonds. The third kappa shape index (κ3) is 2.51. The number of nitrogens with zero attached hydrogens (tertiary/aromatic N) is 2. The van der Waals surface area contributed by atoms with Gasteiger partial charge in [0, 0.05) is 27.1 Å². The van der Waals surface area contributed by atoms with Crippen LogP contribution in [0.3, 0.4) is 0 Å². The fraction of sp³-hybridized carbons (Fsp3) is 0.0526. The molecule has 0 radical (unpaired) electrons. The predicted molar refractivity (Wildman–Crippen MR) is 100 cm³/mol. The van der Waals surface area contributed by atoms with Gasteiger partial charge in [-0.1, -0.05) is 22.0 Å². The van der Waals surface area contributed by atoms with Gasteiger partial charge in [0.1, 0.15) is 11.9 Å². The van der Waals surface area contributed by atoms with Gasteiger partial charge in [0.05, 0.1) is 16.6 Å². The summed E-state index contributed by atoms with van der Waals surface area (Å²) in [6.07, 6.45) is 3.76. The zero-order valence-electron chi connectivity index (χ0n) is 12.9. The lowest BCUT2D eigenvalue weighted by Crippen LogP contribution is -1.84. The number of aromatic amines is 2. The largest absolute Gasteiger partial charge is 0.361 e. The normalized spacial score (nSPS) is 12.0. The first-order valence-electron chi connectivity index (χ1n) is 7.49. The monoisotopic (exact) mass is 376 g/mol. The molecule has 0 bridgehead atoms. The van der Waals surface area contributed by atoms with Crippen LogP contribution in [0.1, 0.15) is 17.0 Å². The summed E-state index contributed by atoms with van der Waals surface area (Å²) in [4.78, 5) is 11.0. The zero-order chi connectivity index (χ0) is 16.7. The molecule has 0 aliphatic heterocycles. The van der Waals surface area contributed by atoms with E-state index in [9.17, 15) is 5.26 Å². The number of aryl methyl sites for hydroxylation is 1. The second kappa shape index (κ2) is 5.66. The summed E-state index contributed by atoms with van der Waals surface area (Å²) in [6, 6.07) is 14.3. The van der Waals surface area contributed by atoms with E-state index in [-0.39, 0.29) is 0 Å². The summed E-state index contributed by atoms with van der Waals surface area (Å²) in [5.74, 6) is 0.586. The number of fused-ring (bicyclic) bond motifs is 2. The fourth-order valence-electron chi connectivity index (χ4n) is 2.79. The van der Waals surface area contributed by atoms with Crippen LogP contribution < -0.4 is 0 Å². The average Bonchev–Trinajstić information content (AvgIpc) is 3.15. The van der Waals surface area contributed by atoms with Crippen molar-refractivity contribution in [3.63, 3.8) is 0 Å². The fourth-order valence-corrected chi connectivity index (χ4v) is 3.16. The lowest BCUT2D eigenvalue weighted by atomic mass is 10.1. The molecule has 2 aromatic heterocycles. The highest BCUT2D eigenvalue weighted by molar-refractivity contribution is 9.10. The SMILES string of the molecule is Cc1ccc2nc(/C(C#N)=C/c3c[nH]c4ccc(Br)cc34)[nH]c2c1. The number of allylic oxidation sites excluding steroid dienone is 1. The molecule has 4 aromatic rings. The van der Waals surface area contributed by atoms with Gasteiger partial charge in [0.25, 0.3) is 0 Å². The van der Waals surface area contributed by atoms with E-state index in [1.807, 2.05) is 55.6 Å². The maximum atomic E-state index is 9.59. The number of H-pyrrole nitrogens is 2. The molecule has 0 atom stereocenters. The summed E-state index contributed by atoms with van der Waals surface area (Å²) in [6.45, 7) is 2.03. The Morgan fingerprint density at radius 2 is 2.08 bits per heavy atom. The molecule has 116 valence electrons. The Kier molecular flexibility index (Phi) is 3.47. The summed E-state index contributed by atoms with van der Waals surface area (Å²) >= 11 is 3.49. The highest BCUT2D eigenvalue weighted by atomic mass is 79.9. The van der Waals surface area contributed by atoms with Crippen LogP contribution in [0.5, 0.6) is 0 Å². The molecule has 0 spiro atoms. The number of rotatable bonds is 2. The summed E-state index contributed by atoms with van der Waals surface area (Å²) in [5.41, 5.74) is 5.44. The molecule has 2 N–H and O–H groups in total. The van der Waals surface area contributed by atoms with Crippen molar-refractivity contribution in [2.75, 3.05) is 0 Å². The van der Waals surface area contributed by atoms with Crippen LogP contribution in [0.2, 0.25) is 0 Å². The molecule has 4 rings (SSSR count). The third-order valence-electron chi connectivity index (χ3n) is 3.99. The van der Waals surface area contributed by atoms with Crippen molar-refractivity contribution in [3.8, 4) is 6.07 Å². The summed E-state index contributed by atoms with van der Waals surface area (Å²) in [5, 5.41) is 10.6. The van der Waals surface area contributed by atoms with E-state index in [1.54, 1.807) is 0 Å². The van der Waals surface area contributed by atoms with Crippen LogP contribution in [-0.4, -0.2) is 15.0 Å². The van der Waals surface area contributed by atoms with Crippen molar-refractivity contribution in [2.24, 2.45) is 0 Å². The van der Waals surface area contributed by atoms with E-state index in [1.165, 1.54) is 0 Å². The van der Waals surface area contributed by atoms with Crippen molar-refractivity contribution < 1.29 is 0 Å². The van der Waals surface area contributed by atoms with Crippen LogP contribution in [0.4, 0.5) is 0 Å². The minimum absolute atomic E-state index is 0.504.